The number of ether oxygens (including phenoxy) is 3. The van der Waals surface area contributed by atoms with Gasteiger partial charge in [0.15, 0.2) is 6.10 Å². The number of allylic oxidation sites excluding steroid dienone is 14. The van der Waals surface area contributed by atoms with E-state index in [1.165, 1.54) is 161 Å². The minimum Gasteiger partial charge on any atom is -0.462 e. The molecule has 0 bridgehead atoms. The molecule has 0 aromatic heterocycles. The summed E-state index contributed by atoms with van der Waals surface area (Å²) in [5, 5.41) is 0. The van der Waals surface area contributed by atoms with E-state index < -0.39 is 6.10 Å². The average Bonchev–Trinajstić information content (AvgIpc) is 3.40. The van der Waals surface area contributed by atoms with Crippen LogP contribution in [0.25, 0.3) is 0 Å². The van der Waals surface area contributed by atoms with Gasteiger partial charge in [-0.3, -0.25) is 14.4 Å². The molecule has 0 radical (unpaired) electrons. The molecule has 0 aromatic carbocycles. The predicted molar refractivity (Wildman–Crippen MR) is 321 cm³/mol. The van der Waals surface area contributed by atoms with Gasteiger partial charge in [-0.05, 0) is 89.9 Å². The minimum atomic E-state index is -0.787. The van der Waals surface area contributed by atoms with E-state index in [1.807, 2.05) is 0 Å². The molecule has 0 saturated heterocycles. The Morgan fingerprint density at radius 2 is 0.527 bits per heavy atom. The van der Waals surface area contributed by atoms with Crippen LogP contribution in [0.15, 0.2) is 85.1 Å². The predicted octanol–water partition coefficient (Wildman–Crippen LogP) is 21.5. The number of unbranched alkanes of at least 4 members (excludes halogenated alkanes) is 32. The van der Waals surface area contributed by atoms with Crippen molar-refractivity contribution in [1.29, 1.82) is 0 Å². The zero-order valence-electron chi connectivity index (χ0n) is 48.8. The number of carbonyl (C=O) groups is 3. The number of esters is 3. The van der Waals surface area contributed by atoms with Crippen LogP contribution < -0.4 is 0 Å². The smallest absolute Gasteiger partial charge is 0.306 e. The zero-order chi connectivity index (χ0) is 53.6. The summed E-state index contributed by atoms with van der Waals surface area (Å²) in [6.07, 6.45) is 81.9. The van der Waals surface area contributed by atoms with Crippen LogP contribution in [0.3, 0.4) is 0 Å². The van der Waals surface area contributed by atoms with E-state index >= 15 is 0 Å². The second-order valence-electron chi connectivity index (χ2n) is 20.9. The molecular weight excluding hydrogens is 913 g/mol. The molecule has 74 heavy (non-hydrogen) atoms. The van der Waals surface area contributed by atoms with Gasteiger partial charge in [-0.15, -0.1) is 0 Å². The Morgan fingerprint density at radius 3 is 0.838 bits per heavy atom. The summed E-state index contributed by atoms with van der Waals surface area (Å²) < 4.78 is 16.8. The summed E-state index contributed by atoms with van der Waals surface area (Å²) >= 11 is 0. The SMILES string of the molecule is CC/C=C\C/C=C\C/C=C\C/C=C\CCCCCCCCCCCCCCCCCCCCCCC(=O)OCC(COC(=O)CCCCCCCCCCCC)OC(=O)CCCCC/C=C\C/C=C\C/C=C\CC. The first-order chi connectivity index (χ1) is 36.5. The summed E-state index contributed by atoms with van der Waals surface area (Å²) in [4.78, 5) is 38.1. The number of carbonyl (C=O) groups excluding carboxylic acids is 3. The Hall–Kier alpha value is -3.41. The zero-order valence-corrected chi connectivity index (χ0v) is 48.8. The van der Waals surface area contributed by atoms with Crippen molar-refractivity contribution in [2.45, 2.75) is 316 Å². The molecule has 0 spiro atoms. The molecular formula is C68H118O6. The second-order valence-corrected chi connectivity index (χ2v) is 20.9. The number of hydrogen-bond acceptors (Lipinski definition) is 6. The van der Waals surface area contributed by atoms with Gasteiger partial charge in [0.05, 0.1) is 0 Å². The highest BCUT2D eigenvalue weighted by atomic mass is 16.6. The van der Waals surface area contributed by atoms with Gasteiger partial charge in [0.2, 0.25) is 0 Å². The van der Waals surface area contributed by atoms with Gasteiger partial charge in [0.1, 0.15) is 13.2 Å². The van der Waals surface area contributed by atoms with Crippen molar-refractivity contribution in [2.75, 3.05) is 13.2 Å². The fourth-order valence-corrected chi connectivity index (χ4v) is 8.98. The molecule has 0 rings (SSSR count). The molecule has 0 aliphatic carbocycles. The first kappa shape index (κ1) is 70.6. The summed E-state index contributed by atoms with van der Waals surface area (Å²) in [6, 6.07) is 0. The summed E-state index contributed by atoms with van der Waals surface area (Å²) in [5.41, 5.74) is 0. The van der Waals surface area contributed by atoms with Crippen LogP contribution >= 0.6 is 0 Å². The first-order valence-corrected chi connectivity index (χ1v) is 31.6. The summed E-state index contributed by atoms with van der Waals surface area (Å²) in [6.45, 7) is 6.40. The molecule has 0 fully saturated rings. The van der Waals surface area contributed by atoms with Crippen molar-refractivity contribution in [1.82, 2.24) is 0 Å². The quantitative estimate of drug-likeness (QED) is 0.0261. The Balaban J connectivity index is 4.05. The van der Waals surface area contributed by atoms with Crippen LogP contribution in [0, 0.1) is 0 Å². The Kier molecular flexibility index (Phi) is 59.3. The topological polar surface area (TPSA) is 78.9 Å². The monoisotopic (exact) mass is 1030 g/mol. The molecule has 0 aromatic rings. The van der Waals surface area contributed by atoms with Crippen molar-refractivity contribution < 1.29 is 28.6 Å². The molecule has 1 unspecified atom stereocenters. The van der Waals surface area contributed by atoms with Crippen LogP contribution in [0.5, 0.6) is 0 Å². The van der Waals surface area contributed by atoms with Crippen LogP contribution in [0.1, 0.15) is 310 Å². The van der Waals surface area contributed by atoms with Gasteiger partial charge >= 0.3 is 17.9 Å². The molecule has 0 N–H and O–H groups in total. The Bertz CT molecular complexity index is 1420. The lowest BCUT2D eigenvalue weighted by molar-refractivity contribution is -0.167. The van der Waals surface area contributed by atoms with Crippen molar-refractivity contribution in [3.8, 4) is 0 Å². The van der Waals surface area contributed by atoms with Gasteiger partial charge < -0.3 is 14.2 Å². The molecule has 6 nitrogen and oxygen atoms in total. The summed E-state index contributed by atoms with van der Waals surface area (Å²) in [7, 11) is 0. The average molecular weight is 1030 g/mol. The largest absolute Gasteiger partial charge is 0.462 e. The van der Waals surface area contributed by atoms with Crippen molar-refractivity contribution in [3.63, 3.8) is 0 Å². The van der Waals surface area contributed by atoms with Crippen molar-refractivity contribution in [2.24, 2.45) is 0 Å². The molecule has 1 atom stereocenters. The standard InChI is InChI=1S/C68H118O6/c1-4-7-10-13-16-19-22-24-25-26-27-28-29-30-31-32-33-34-35-36-37-38-39-40-41-42-43-45-46-49-52-55-58-61-67(70)73-64-65(63-72-66(69)60-57-54-51-48-21-18-15-12-9-6-3)74-68(71)62-59-56-53-50-47-44-23-20-17-14-11-8-5-2/h7-8,10-11,16-17,19-20,24-25,27-28,44,47,65H,4-6,9,12-15,18,21-23,26,29-43,45-46,48-64H2,1-3H3/b10-7-,11-8-,19-16-,20-17-,25-24-,28-27-,47-44-. The van der Waals surface area contributed by atoms with Gasteiger partial charge in [0, 0.05) is 19.3 Å². The molecule has 6 heteroatoms. The van der Waals surface area contributed by atoms with E-state index in [2.05, 4.69) is 106 Å². The van der Waals surface area contributed by atoms with E-state index in [0.29, 0.717) is 19.3 Å². The second kappa shape index (κ2) is 62.1. The van der Waals surface area contributed by atoms with Gasteiger partial charge in [0.25, 0.3) is 0 Å². The summed E-state index contributed by atoms with van der Waals surface area (Å²) in [5.74, 6) is -0.904. The van der Waals surface area contributed by atoms with Crippen molar-refractivity contribution in [3.05, 3.63) is 85.1 Å². The molecule has 426 valence electrons. The maximum absolute atomic E-state index is 12.8. The van der Waals surface area contributed by atoms with Gasteiger partial charge in [-0.2, -0.15) is 0 Å². The van der Waals surface area contributed by atoms with Crippen LogP contribution in [-0.2, 0) is 28.6 Å². The van der Waals surface area contributed by atoms with E-state index in [1.54, 1.807) is 0 Å². The highest BCUT2D eigenvalue weighted by Gasteiger charge is 2.19. The maximum atomic E-state index is 12.8. The third kappa shape index (κ3) is 59.5. The normalized spacial score (nSPS) is 12.6. The van der Waals surface area contributed by atoms with E-state index in [4.69, 9.17) is 14.2 Å². The van der Waals surface area contributed by atoms with E-state index in [0.717, 1.165) is 109 Å². The Morgan fingerprint density at radius 1 is 0.284 bits per heavy atom. The van der Waals surface area contributed by atoms with Gasteiger partial charge in [-0.25, -0.2) is 0 Å². The number of rotatable bonds is 57. The van der Waals surface area contributed by atoms with Crippen LogP contribution in [0.4, 0.5) is 0 Å². The first-order valence-electron chi connectivity index (χ1n) is 31.6. The molecule has 0 aliphatic rings. The highest BCUT2D eigenvalue weighted by Crippen LogP contribution is 2.17. The molecule has 0 saturated carbocycles. The third-order valence-electron chi connectivity index (χ3n) is 13.6. The third-order valence-corrected chi connectivity index (χ3v) is 13.6. The van der Waals surface area contributed by atoms with Gasteiger partial charge in [-0.1, -0.05) is 286 Å². The lowest BCUT2D eigenvalue weighted by Gasteiger charge is -2.18. The van der Waals surface area contributed by atoms with E-state index in [-0.39, 0.29) is 31.1 Å². The number of hydrogen-bond donors (Lipinski definition) is 0. The molecule has 0 heterocycles. The van der Waals surface area contributed by atoms with E-state index in [9.17, 15) is 14.4 Å². The van der Waals surface area contributed by atoms with Crippen LogP contribution in [-0.4, -0.2) is 37.2 Å². The lowest BCUT2D eigenvalue weighted by atomic mass is 10.0. The van der Waals surface area contributed by atoms with Crippen molar-refractivity contribution >= 4 is 17.9 Å². The van der Waals surface area contributed by atoms with Crippen LogP contribution in [0.2, 0.25) is 0 Å². The fourth-order valence-electron chi connectivity index (χ4n) is 8.98. The fraction of sp³-hybridized carbons (Fsp3) is 0.750. The Labute approximate surface area is 458 Å². The maximum Gasteiger partial charge on any atom is 0.306 e. The molecule has 0 aliphatic heterocycles. The minimum absolute atomic E-state index is 0.0837. The highest BCUT2D eigenvalue weighted by molar-refractivity contribution is 5.71. The lowest BCUT2D eigenvalue weighted by Crippen LogP contribution is -2.30. The molecule has 0 amide bonds.